The number of tetrazole rings is 1. The molecule has 1 aromatic heterocycles. The lowest BCUT2D eigenvalue weighted by atomic mass is 9.75. The van der Waals surface area contributed by atoms with Crippen LogP contribution in [0.1, 0.15) is 58.2 Å². The Kier molecular flexibility index (Phi) is 5.95. The highest BCUT2D eigenvalue weighted by atomic mass is 15.6. The largest absolute Gasteiger partial charge is 0.314 e. The summed E-state index contributed by atoms with van der Waals surface area (Å²) in [6, 6.07) is 0.631. The minimum absolute atomic E-state index is 0.631. The first-order chi connectivity index (χ1) is 9.72. The summed E-state index contributed by atoms with van der Waals surface area (Å²) >= 11 is 0. The molecule has 0 amide bonds. The molecule has 5 nitrogen and oxygen atoms in total. The molecule has 0 aromatic carbocycles. The Hall–Kier alpha value is -0.970. The van der Waals surface area contributed by atoms with Crippen molar-refractivity contribution in [2.75, 3.05) is 6.54 Å². The molecule has 3 unspecified atom stereocenters. The van der Waals surface area contributed by atoms with Crippen molar-refractivity contribution in [1.29, 1.82) is 0 Å². The monoisotopic (exact) mass is 279 g/mol. The van der Waals surface area contributed by atoms with Crippen molar-refractivity contribution < 1.29 is 0 Å². The Balaban J connectivity index is 1.96. The summed E-state index contributed by atoms with van der Waals surface area (Å²) in [5.41, 5.74) is 0. The van der Waals surface area contributed by atoms with Crippen molar-refractivity contribution >= 4 is 0 Å². The second-order valence-corrected chi connectivity index (χ2v) is 6.19. The minimum Gasteiger partial charge on any atom is -0.314 e. The maximum absolute atomic E-state index is 4.36. The lowest BCUT2D eigenvalue weighted by Gasteiger charge is -2.36. The number of aromatic nitrogens is 4. The van der Waals surface area contributed by atoms with Crippen LogP contribution in [0.15, 0.2) is 0 Å². The van der Waals surface area contributed by atoms with Crippen molar-refractivity contribution in [1.82, 2.24) is 25.5 Å². The van der Waals surface area contributed by atoms with Crippen molar-refractivity contribution in [2.24, 2.45) is 18.9 Å². The van der Waals surface area contributed by atoms with E-state index in [0.29, 0.717) is 12.0 Å². The normalized spacial score (nSPS) is 26.9. The summed E-state index contributed by atoms with van der Waals surface area (Å²) < 4.78 is 0. The van der Waals surface area contributed by atoms with Gasteiger partial charge in [0.15, 0.2) is 5.82 Å². The summed E-state index contributed by atoms with van der Waals surface area (Å²) in [5.74, 6) is 2.45. The van der Waals surface area contributed by atoms with E-state index in [9.17, 15) is 0 Å². The summed E-state index contributed by atoms with van der Waals surface area (Å²) in [5, 5.41) is 16.2. The van der Waals surface area contributed by atoms with E-state index < -0.39 is 0 Å². The molecule has 20 heavy (non-hydrogen) atoms. The lowest BCUT2D eigenvalue weighted by Crippen LogP contribution is -2.42. The predicted molar refractivity (Wildman–Crippen MR) is 80.3 cm³/mol. The van der Waals surface area contributed by atoms with E-state index in [1.165, 1.54) is 38.5 Å². The lowest BCUT2D eigenvalue weighted by molar-refractivity contribution is 0.191. The second kappa shape index (κ2) is 7.72. The van der Waals surface area contributed by atoms with E-state index in [4.69, 9.17) is 0 Å². The Morgan fingerprint density at radius 2 is 2.10 bits per heavy atom. The minimum atomic E-state index is 0.631. The quantitative estimate of drug-likeness (QED) is 0.832. The van der Waals surface area contributed by atoms with Crippen LogP contribution in [0.2, 0.25) is 0 Å². The summed E-state index contributed by atoms with van der Waals surface area (Å²) in [7, 11) is 1.84. The van der Waals surface area contributed by atoms with Gasteiger partial charge < -0.3 is 5.32 Å². The average molecular weight is 279 g/mol. The molecular weight excluding hydrogens is 250 g/mol. The average Bonchev–Trinajstić information content (AvgIpc) is 2.84. The van der Waals surface area contributed by atoms with Gasteiger partial charge in [-0.25, -0.2) is 0 Å². The number of hydrogen-bond donors (Lipinski definition) is 1. The molecule has 0 radical (unpaired) electrons. The maximum Gasteiger partial charge on any atom is 0.175 e. The number of nitrogens with one attached hydrogen (secondary N) is 1. The molecule has 0 aliphatic heterocycles. The highest BCUT2D eigenvalue weighted by molar-refractivity contribution is 4.91. The standard InChI is InChI=1S/C15H29N5/c1-4-6-12-7-8-14(16-9-5-2)13(10-12)11-15-17-19-20(3)18-15/h12-14,16H,4-11H2,1-3H3. The molecule has 0 bridgehead atoms. The van der Waals surface area contributed by atoms with Crippen LogP contribution in [-0.4, -0.2) is 32.8 Å². The van der Waals surface area contributed by atoms with E-state index >= 15 is 0 Å². The number of nitrogens with zero attached hydrogens (tertiary/aromatic N) is 4. The predicted octanol–water partition coefficient (Wildman–Crippen LogP) is 2.34. The summed E-state index contributed by atoms with van der Waals surface area (Å²) in [6.45, 7) is 5.64. The van der Waals surface area contributed by atoms with Gasteiger partial charge in [0.2, 0.25) is 0 Å². The van der Waals surface area contributed by atoms with Crippen LogP contribution in [0.3, 0.4) is 0 Å². The van der Waals surface area contributed by atoms with Gasteiger partial charge in [0, 0.05) is 12.5 Å². The van der Waals surface area contributed by atoms with Gasteiger partial charge in [0.25, 0.3) is 0 Å². The fourth-order valence-electron chi connectivity index (χ4n) is 3.50. The molecule has 0 spiro atoms. The van der Waals surface area contributed by atoms with Crippen LogP contribution in [0.25, 0.3) is 0 Å². The Morgan fingerprint density at radius 1 is 1.25 bits per heavy atom. The molecule has 0 saturated heterocycles. The molecule has 1 aromatic rings. The van der Waals surface area contributed by atoms with Crippen LogP contribution < -0.4 is 5.32 Å². The Labute approximate surface area is 122 Å². The maximum atomic E-state index is 4.36. The van der Waals surface area contributed by atoms with Gasteiger partial charge in [0.1, 0.15) is 0 Å². The molecule has 5 heteroatoms. The highest BCUT2D eigenvalue weighted by Gasteiger charge is 2.30. The molecule has 3 atom stereocenters. The van der Waals surface area contributed by atoms with E-state index in [1.54, 1.807) is 4.80 Å². The van der Waals surface area contributed by atoms with Gasteiger partial charge in [-0.15, -0.1) is 10.2 Å². The second-order valence-electron chi connectivity index (χ2n) is 6.19. The molecule has 1 fully saturated rings. The van der Waals surface area contributed by atoms with Crippen LogP contribution in [-0.2, 0) is 13.5 Å². The van der Waals surface area contributed by atoms with Crippen LogP contribution in [0, 0.1) is 11.8 Å². The summed E-state index contributed by atoms with van der Waals surface area (Å²) in [6.07, 6.45) is 8.82. The third-order valence-corrected chi connectivity index (χ3v) is 4.44. The highest BCUT2D eigenvalue weighted by Crippen LogP contribution is 2.33. The van der Waals surface area contributed by atoms with E-state index in [2.05, 4.69) is 34.6 Å². The fourth-order valence-corrected chi connectivity index (χ4v) is 3.50. The van der Waals surface area contributed by atoms with Gasteiger partial charge >= 0.3 is 0 Å². The third-order valence-electron chi connectivity index (χ3n) is 4.44. The van der Waals surface area contributed by atoms with Crippen molar-refractivity contribution in [3.05, 3.63) is 5.82 Å². The van der Waals surface area contributed by atoms with Crippen LogP contribution >= 0.6 is 0 Å². The Morgan fingerprint density at radius 3 is 2.75 bits per heavy atom. The van der Waals surface area contributed by atoms with Gasteiger partial charge in [-0.2, -0.15) is 4.80 Å². The third kappa shape index (κ3) is 4.27. The van der Waals surface area contributed by atoms with Crippen LogP contribution in [0.4, 0.5) is 0 Å². The van der Waals surface area contributed by atoms with Crippen molar-refractivity contribution in [2.45, 2.75) is 64.8 Å². The van der Waals surface area contributed by atoms with E-state index in [0.717, 1.165) is 24.7 Å². The molecule has 2 rings (SSSR count). The Bertz CT molecular complexity index is 389. The molecule has 1 N–H and O–H groups in total. The first-order valence-corrected chi connectivity index (χ1v) is 8.19. The fraction of sp³-hybridized carbons (Fsp3) is 0.933. The SMILES string of the molecule is CCCNC1CCC(CCC)CC1Cc1nnn(C)n1. The zero-order valence-electron chi connectivity index (χ0n) is 13.2. The van der Waals surface area contributed by atoms with Gasteiger partial charge in [-0.1, -0.05) is 26.7 Å². The van der Waals surface area contributed by atoms with Gasteiger partial charge in [-0.05, 0) is 49.3 Å². The number of hydrogen-bond acceptors (Lipinski definition) is 4. The molecule has 114 valence electrons. The molecule has 1 aliphatic carbocycles. The van der Waals surface area contributed by atoms with Crippen molar-refractivity contribution in [3.63, 3.8) is 0 Å². The van der Waals surface area contributed by atoms with Crippen molar-refractivity contribution in [3.8, 4) is 0 Å². The first kappa shape index (κ1) is 15.4. The van der Waals surface area contributed by atoms with Gasteiger partial charge in [-0.3, -0.25) is 0 Å². The van der Waals surface area contributed by atoms with Crippen LogP contribution in [0.5, 0.6) is 0 Å². The topological polar surface area (TPSA) is 55.6 Å². The zero-order valence-corrected chi connectivity index (χ0v) is 13.2. The first-order valence-electron chi connectivity index (χ1n) is 8.19. The number of aryl methyl sites for hydroxylation is 1. The summed E-state index contributed by atoms with van der Waals surface area (Å²) in [4.78, 5) is 1.57. The molecular formula is C15H29N5. The molecule has 1 heterocycles. The zero-order chi connectivity index (χ0) is 14.4. The van der Waals surface area contributed by atoms with E-state index in [1.807, 2.05) is 7.05 Å². The van der Waals surface area contributed by atoms with E-state index in [-0.39, 0.29) is 0 Å². The molecule has 1 aliphatic rings. The number of rotatable bonds is 7. The smallest absolute Gasteiger partial charge is 0.175 e. The molecule has 1 saturated carbocycles. The van der Waals surface area contributed by atoms with Gasteiger partial charge in [0.05, 0.1) is 7.05 Å².